The Bertz CT molecular complexity index is 433. The number of amides is 2. The zero-order chi connectivity index (χ0) is 11.5. The Labute approximate surface area is 92.2 Å². The Balaban J connectivity index is 2.14. The van der Waals surface area contributed by atoms with E-state index in [2.05, 4.69) is 15.6 Å². The minimum atomic E-state index is -0.534. The van der Waals surface area contributed by atoms with Crippen LogP contribution in [-0.4, -0.2) is 29.4 Å². The fourth-order valence-corrected chi connectivity index (χ4v) is 1.62. The second-order valence-corrected chi connectivity index (χ2v) is 3.61. The van der Waals surface area contributed by atoms with E-state index in [0.29, 0.717) is 24.3 Å². The summed E-state index contributed by atoms with van der Waals surface area (Å²) >= 11 is 0. The van der Waals surface area contributed by atoms with Gasteiger partial charge in [-0.05, 0) is 12.1 Å². The average Bonchev–Trinajstić information content (AvgIpc) is 2.64. The summed E-state index contributed by atoms with van der Waals surface area (Å²) in [5.41, 5.74) is 5.55. The summed E-state index contributed by atoms with van der Waals surface area (Å²) in [5, 5.41) is 5.72. The molecule has 1 unspecified atom stereocenters. The summed E-state index contributed by atoms with van der Waals surface area (Å²) in [4.78, 5) is 26.2. The number of rotatable bonds is 3. The highest BCUT2D eigenvalue weighted by Crippen LogP contribution is 2.14. The molecule has 1 aromatic heterocycles. The lowest BCUT2D eigenvalue weighted by molar-refractivity contribution is -0.119. The molecule has 0 radical (unpaired) electrons. The molecule has 2 rings (SSSR count). The van der Waals surface area contributed by atoms with E-state index in [0.717, 1.165) is 0 Å². The van der Waals surface area contributed by atoms with Crippen molar-refractivity contribution >= 4 is 17.6 Å². The molecule has 0 bridgehead atoms. The molecular weight excluding hydrogens is 208 g/mol. The van der Waals surface area contributed by atoms with Crippen molar-refractivity contribution in [2.75, 3.05) is 11.9 Å². The van der Waals surface area contributed by atoms with Gasteiger partial charge < -0.3 is 16.4 Å². The monoisotopic (exact) mass is 220 g/mol. The van der Waals surface area contributed by atoms with Gasteiger partial charge in [-0.1, -0.05) is 0 Å². The van der Waals surface area contributed by atoms with E-state index in [4.69, 9.17) is 5.73 Å². The fraction of sp³-hybridized carbons (Fsp3) is 0.300. The summed E-state index contributed by atoms with van der Waals surface area (Å²) in [7, 11) is 0. The van der Waals surface area contributed by atoms with Gasteiger partial charge in [-0.25, -0.2) is 4.98 Å². The van der Waals surface area contributed by atoms with Crippen molar-refractivity contribution < 1.29 is 9.59 Å². The van der Waals surface area contributed by atoms with Crippen molar-refractivity contribution in [3.8, 4) is 0 Å². The normalized spacial score (nSPS) is 19.2. The van der Waals surface area contributed by atoms with Crippen LogP contribution in [0.1, 0.15) is 16.8 Å². The van der Waals surface area contributed by atoms with E-state index in [9.17, 15) is 9.59 Å². The SMILES string of the molecule is NC(=O)c1cccnc1NC1CNC(=O)C1. The molecule has 1 saturated heterocycles. The third kappa shape index (κ3) is 2.10. The van der Waals surface area contributed by atoms with Crippen LogP contribution in [0.3, 0.4) is 0 Å². The van der Waals surface area contributed by atoms with E-state index in [-0.39, 0.29) is 11.9 Å². The third-order valence-electron chi connectivity index (χ3n) is 2.39. The maximum atomic E-state index is 11.1. The second-order valence-electron chi connectivity index (χ2n) is 3.61. The van der Waals surface area contributed by atoms with E-state index in [1.807, 2.05) is 0 Å². The summed E-state index contributed by atoms with van der Waals surface area (Å²) in [6.45, 7) is 0.535. The highest BCUT2D eigenvalue weighted by molar-refractivity contribution is 5.97. The summed E-state index contributed by atoms with van der Waals surface area (Å²) in [5.74, 6) is -0.113. The molecule has 1 aliphatic rings. The number of hydrogen-bond donors (Lipinski definition) is 3. The van der Waals surface area contributed by atoms with Crippen molar-refractivity contribution in [1.29, 1.82) is 0 Å². The maximum absolute atomic E-state index is 11.1. The Morgan fingerprint density at radius 3 is 3.06 bits per heavy atom. The Hall–Kier alpha value is -2.11. The standard InChI is InChI=1S/C10H12N4O2/c11-9(16)7-2-1-3-12-10(7)14-6-4-8(15)13-5-6/h1-3,6H,4-5H2,(H2,11,16)(H,12,14)(H,13,15). The van der Waals surface area contributed by atoms with Crippen LogP contribution in [0.25, 0.3) is 0 Å². The minimum absolute atomic E-state index is 0.00550. The van der Waals surface area contributed by atoms with Gasteiger partial charge >= 0.3 is 0 Å². The molecule has 16 heavy (non-hydrogen) atoms. The van der Waals surface area contributed by atoms with Crippen LogP contribution in [-0.2, 0) is 4.79 Å². The van der Waals surface area contributed by atoms with Crippen LogP contribution >= 0.6 is 0 Å². The molecule has 1 atom stereocenters. The van der Waals surface area contributed by atoms with Gasteiger partial charge in [0.15, 0.2) is 0 Å². The van der Waals surface area contributed by atoms with Crippen molar-refractivity contribution in [3.63, 3.8) is 0 Å². The van der Waals surface area contributed by atoms with E-state index >= 15 is 0 Å². The van der Waals surface area contributed by atoms with Gasteiger partial charge in [0, 0.05) is 19.2 Å². The lowest BCUT2D eigenvalue weighted by Crippen LogP contribution is -2.25. The summed E-state index contributed by atoms with van der Waals surface area (Å²) in [6.07, 6.45) is 1.95. The molecule has 6 nitrogen and oxygen atoms in total. The first-order valence-electron chi connectivity index (χ1n) is 4.95. The predicted octanol–water partition coefficient (Wildman–Crippen LogP) is -0.519. The number of hydrogen-bond acceptors (Lipinski definition) is 4. The molecule has 0 aliphatic carbocycles. The van der Waals surface area contributed by atoms with E-state index in [1.54, 1.807) is 18.3 Å². The van der Waals surface area contributed by atoms with Crippen LogP contribution in [0.5, 0.6) is 0 Å². The number of pyridine rings is 1. The Morgan fingerprint density at radius 1 is 1.62 bits per heavy atom. The number of nitrogens with zero attached hydrogens (tertiary/aromatic N) is 1. The summed E-state index contributed by atoms with van der Waals surface area (Å²) in [6, 6.07) is 3.20. The van der Waals surface area contributed by atoms with Crippen LogP contribution in [0.15, 0.2) is 18.3 Å². The molecule has 0 saturated carbocycles. The first-order chi connectivity index (χ1) is 7.66. The van der Waals surface area contributed by atoms with Crippen LogP contribution in [0.2, 0.25) is 0 Å². The molecule has 4 N–H and O–H groups in total. The predicted molar refractivity (Wildman–Crippen MR) is 57.8 cm³/mol. The van der Waals surface area contributed by atoms with Crippen molar-refractivity contribution in [3.05, 3.63) is 23.9 Å². The number of anilines is 1. The van der Waals surface area contributed by atoms with Gasteiger partial charge in [-0.3, -0.25) is 9.59 Å². The third-order valence-corrected chi connectivity index (χ3v) is 2.39. The van der Waals surface area contributed by atoms with Gasteiger partial charge in [-0.15, -0.1) is 0 Å². The van der Waals surface area contributed by atoms with Gasteiger partial charge in [0.1, 0.15) is 5.82 Å². The molecule has 2 heterocycles. The minimum Gasteiger partial charge on any atom is -0.365 e. The average molecular weight is 220 g/mol. The van der Waals surface area contributed by atoms with Crippen molar-refractivity contribution in [2.45, 2.75) is 12.5 Å². The number of nitrogens with one attached hydrogen (secondary N) is 2. The Morgan fingerprint density at radius 2 is 2.44 bits per heavy atom. The smallest absolute Gasteiger partial charge is 0.252 e. The highest BCUT2D eigenvalue weighted by Gasteiger charge is 2.22. The second kappa shape index (κ2) is 4.18. The van der Waals surface area contributed by atoms with E-state index in [1.165, 1.54) is 0 Å². The molecule has 6 heteroatoms. The topological polar surface area (TPSA) is 97.1 Å². The van der Waals surface area contributed by atoms with Gasteiger partial charge in [-0.2, -0.15) is 0 Å². The zero-order valence-electron chi connectivity index (χ0n) is 8.56. The number of nitrogens with two attached hydrogens (primary N) is 1. The number of carbonyl (C=O) groups is 2. The number of carbonyl (C=O) groups excluding carboxylic acids is 2. The molecule has 84 valence electrons. The lowest BCUT2D eigenvalue weighted by atomic mass is 10.2. The molecular formula is C10H12N4O2. The number of aromatic nitrogens is 1. The zero-order valence-corrected chi connectivity index (χ0v) is 8.56. The molecule has 0 aromatic carbocycles. The van der Waals surface area contributed by atoms with E-state index < -0.39 is 5.91 Å². The quantitative estimate of drug-likeness (QED) is 0.638. The first kappa shape index (κ1) is 10.4. The summed E-state index contributed by atoms with van der Waals surface area (Å²) < 4.78 is 0. The molecule has 1 aliphatic heterocycles. The maximum Gasteiger partial charge on any atom is 0.252 e. The molecule has 2 amide bonds. The van der Waals surface area contributed by atoms with Crippen LogP contribution < -0.4 is 16.4 Å². The largest absolute Gasteiger partial charge is 0.365 e. The Kier molecular flexibility index (Phi) is 2.72. The molecule has 0 spiro atoms. The van der Waals surface area contributed by atoms with Crippen molar-refractivity contribution in [1.82, 2.24) is 10.3 Å². The first-order valence-corrected chi connectivity index (χ1v) is 4.95. The van der Waals surface area contributed by atoms with Gasteiger partial charge in [0.25, 0.3) is 5.91 Å². The van der Waals surface area contributed by atoms with Crippen molar-refractivity contribution in [2.24, 2.45) is 5.73 Å². The molecule has 1 aromatic rings. The van der Waals surface area contributed by atoms with Crippen LogP contribution in [0.4, 0.5) is 5.82 Å². The molecule has 1 fully saturated rings. The number of primary amides is 1. The lowest BCUT2D eigenvalue weighted by Gasteiger charge is -2.12. The van der Waals surface area contributed by atoms with Crippen LogP contribution in [0, 0.1) is 0 Å². The van der Waals surface area contributed by atoms with Gasteiger partial charge in [0.2, 0.25) is 5.91 Å². The fourth-order valence-electron chi connectivity index (χ4n) is 1.62. The highest BCUT2D eigenvalue weighted by atomic mass is 16.2. The van der Waals surface area contributed by atoms with Gasteiger partial charge in [0.05, 0.1) is 11.6 Å².